The summed E-state index contributed by atoms with van der Waals surface area (Å²) in [5.41, 5.74) is 0.250. The van der Waals surface area contributed by atoms with E-state index in [2.05, 4.69) is 16.6 Å². The van der Waals surface area contributed by atoms with Gasteiger partial charge in [-0.25, -0.2) is 4.39 Å². The lowest BCUT2D eigenvalue weighted by atomic mass is 10.2. The van der Waals surface area contributed by atoms with Crippen LogP contribution in [-0.4, -0.2) is 13.9 Å². The molecule has 0 aliphatic rings. The Morgan fingerprint density at radius 1 is 1.44 bits per heavy atom. The normalized spacial score (nSPS) is 8.81. The van der Waals surface area contributed by atoms with Gasteiger partial charge in [-0.15, -0.1) is 0 Å². The van der Waals surface area contributed by atoms with E-state index in [-0.39, 0.29) is 18.8 Å². The molecule has 82 valence electrons. The molecule has 0 aliphatic carbocycles. The Bertz CT molecular complexity index is 454. The molecule has 0 heterocycles. The van der Waals surface area contributed by atoms with Crippen LogP contribution in [-0.2, 0) is 4.74 Å². The van der Waals surface area contributed by atoms with Crippen molar-refractivity contribution in [3.63, 3.8) is 0 Å². The standard InChI is InChI=1S/C12H10FNO2/c1-15-9-16-11-6-5-10(12(13)8-11)4-2-3-7-14/h5-6,8H,3,9H2,1H3. The number of hydrogen-bond acceptors (Lipinski definition) is 3. The van der Waals surface area contributed by atoms with Gasteiger partial charge in [0.1, 0.15) is 11.6 Å². The maximum atomic E-state index is 13.4. The Morgan fingerprint density at radius 3 is 2.88 bits per heavy atom. The Hall–Kier alpha value is -2.04. The lowest BCUT2D eigenvalue weighted by Crippen LogP contribution is -1.99. The second kappa shape index (κ2) is 6.44. The van der Waals surface area contributed by atoms with Gasteiger partial charge < -0.3 is 9.47 Å². The van der Waals surface area contributed by atoms with Crippen molar-refractivity contribution in [1.82, 2.24) is 0 Å². The van der Waals surface area contributed by atoms with Crippen molar-refractivity contribution in [3.05, 3.63) is 29.6 Å². The fourth-order valence-electron chi connectivity index (χ4n) is 0.993. The molecule has 1 aromatic carbocycles. The second-order valence-corrected chi connectivity index (χ2v) is 2.83. The molecule has 0 atom stereocenters. The molecule has 0 N–H and O–H groups in total. The van der Waals surface area contributed by atoms with E-state index in [9.17, 15) is 4.39 Å². The predicted octanol–water partition coefficient (Wildman–Crippen LogP) is 2.07. The minimum Gasteiger partial charge on any atom is -0.467 e. The van der Waals surface area contributed by atoms with Gasteiger partial charge in [-0.05, 0) is 12.1 Å². The number of benzene rings is 1. The molecular weight excluding hydrogens is 209 g/mol. The van der Waals surface area contributed by atoms with Gasteiger partial charge in [-0.1, -0.05) is 11.8 Å². The number of nitriles is 1. The summed E-state index contributed by atoms with van der Waals surface area (Å²) in [6.45, 7) is 0.0684. The SMILES string of the molecule is COCOc1ccc(C#CCC#N)c(F)c1. The zero-order valence-electron chi connectivity index (χ0n) is 8.79. The molecule has 0 radical (unpaired) electrons. The monoisotopic (exact) mass is 219 g/mol. The van der Waals surface area contributed by atoms with Crippen molar-refractivity contribution in [3.8, 4) is 23.7 Å². The van der Waals surface area contributed by atoms with Crippen LogP contribution in [0.4, 0.5) is 4.39 Å². The van der Waals surface area contributed by atoms with Gasteiger partial charge in [-0.2, -0.15) is 5.26 Å². The van der Waals surface area contributed by atoms with E-state index < -0.39 is 5.82 Å². The summed E-state index contributed by atoms with van der Waals surface area (Å²) in [4.78, 5) is 0. The zero-order valence-corrected chi connectivity index (χ0v) is 8.79. The zero-order chi connectivity index (χ0) is 11.8. The molecule has 3 nitrogen and oxygen atoms in total. The fraction of sp³-hybridized carbons (Fsp3) is 0.250. The smallest absolute Gasteiger partial charge is 0.188 e. The average molecular weight is 219 g/mol. The summed E-state index contributed by atoms with van der Waals surface area (Å²) in [5.74, 6) is 5.01. The number of nitrogens with zero attached hydrogens (tertiary/aromatic N) is 1. The first-order chi connectivity index (χ1) is 7.77. The molecule has 0 fully saturated rings. The maximum Gasteiger partial charge on any atom is 0.188 e. The van der Waals surface area contributed by atoms with E-state index in [1.165, 1.54) is 19.2 Å². The van der Waals surface area contributed by atoms with Crippen LogP contribution in [0.2, 0.25) is 0 Å². The quantitative estimate of drug-likeness (QED) is 0.577. The van der Waals surface area contributed by atoms with Crippen molar-refractivity contribution < 1.29 is 13.9 Å². The second-order valence-electron chi connectivity index (χ2n) is 2.83. The summed E-state index contributed by atoms with van der Waals surface area (Å²) in [7, 11) is 1.48. The minimum absolute atomic E-state index is 0.0684. The number of hydrogen-bond donors (Lipinski definition) is 0. The van der Waals surface area contributed by atoms with E-state index in [0.717, 1.165) is 0 Å². The topological polar surface area (TPSA) is 42.2 Å². The van der Waals surface area contributed by atoms with Crippen molar-refractivity contribution in [2.75, 3.05) is 13.9 Å². The molecule has 0 saturated carbocycles. The maximum absolute atomic E-state index is 13.4. The third kappa shape index (κ3) is 3.61. The van der Waals surface area contributed by atoms with E-state index in [1.54, 1.807) is 6.07 Å². The van der Waals surface area contributed by atoms with Crippen LogP contribution >= 0.6 is 0 Å². The van der Waals surface area contributed by atoms with Crippen LogP contribution < -0.4 is 4.74 Å². The predicted molar refractivity (Wildman–Crippen MR) is 56.0 cm³/mol. The minimum atomic E-state index is -0.473. The Labute approximate surface area is 93.4 Å². The molecule has 0 amide bonds. The van der Waals surface area contributed by atoms with E-state index in [4.69, 9.17) is 10.00 Å². The highest BCUT2D eigenvalue weighted by Crippen LogP contribution is 2.15. The average Bonchev–Trinajstić information content (AvgIpc) is 2.29. The molecule has 0 aromatic heterocycles. The molecule has 0 bridgehead atoms. The van der Waals surface area contributed by atoms with Crippen molar-refractivity contribution in [1.29, 1.82) is 5.26 Å². The van der Waals surface area contributed by atoms with Gasteiger partial charge in [0.05, 0.1) is 18.1 Å². The van der Waals surface area contributed by atoms with Crippen molar-refractivity contribution in [2.45, 2.75) is 6.42 Å². The summed E-state index contributed by atoms with van der Waals surface area (Å²) < 4.78 is 23.1. The summed E-state index contributed by atoms with van der Waals surface area (Å²) in [6.07, 6.45) is 0.0847. The highest BCUT2D eigenvalue weighted by molar-refractivity contribution is 5.40. The molecular formula is C12H10FNO2. The van der Waals surface area contributed by atoms with Crippen LogP contribution in [0.25, 0.3) is 0 Å². The summed E-state index contributed by atoms with van der Waals surface area (Å²) >= 11 is 0. The highest BCUT2D eigenvalue weighted by atomic mass is 19.1. The molecule has 1 rings (SSSR count). The number of methoxy groups -OCH3 is 1. The van der Waals surface area contributed by atoms with Gasteiger partial charge in [-0.3, -0.25) is 0 Å². The lowest BCUT2D eigenvalue weighted by molar-refractivity contribution is 0.0509. The first kappa shape index (κ1) is 12.0. The first-order valence-corrected chi connectivity index (χ1v) is 4.55. The van der Waals surface area contributed by atoms with Gasteiger partial charge in [0.15, 0.2) is 6.79 Å². The van der Waals surface area contributed by atoms with E-state index in [0.29, 0.717) is 5.75 Å². The Kier molecular flexibility index (Phi) is 4.85. The van der Waals surface area contributed by atoms with Crippen molar-refractivity contribution in [2.24, 2.45) is 0 Å². The van der Waals surface area contributed by atoms with Crippen molar-refractivity contribution >= 4 is 0 Å². The largest absolute Gasteiger partial charge is 0.467 e. The molecule has 4 heteroatoms. The van der Waals surface area contributed by atoms with E-state index in [1.807, 2.05) is 6.07 Å². The van der Waals surface area contributed by atoms with Crippen LogP contribution in [0.1, 0.15) is 12.0 Å². The molecule has 0 unspecified atom stereocenters. The number of ether oxygens (including phenoxy) is 2. The fourth-order valence-corrected chi connectivity index (χ4v) is 0.993. The molecule has 1 aromatic rings. The molecule has 0 spiro atoms. The van der Waals surface area contributed by atoms with Gasteiger partial charge >= 0.3 is 0 Å². The third-order valence-corrected chi connectivity index (χ3v) is 1.67. The summed E-state index contributed by atoms with van der Waals surface area (Å²) in [6, 6.07) is 6.19. The van der Waals surface area contributed by atoms with E-state index >= 15 is 0 Å². The van der Waals surface area contributed by atoms with Gasteiger partial charge in [0, 0.05) is 13.2 Å². The van der Waals surface area contributed by atoms with Crippen LogP contribution in [0.15, 0.2) is 18.2 Å². The third-order valence-electron chi connectivity index (χ3n) is 1.67. The molecule has 0 saturated heterocycles. The van der Waals surface area contributed by atoms with Crippen LogP contribution in [0.3, 0.4) is 0 Å². The van der Waals surface area contributed by atoms with Gasteiger partial charge in [0.25, 0.3) is 0 Å². The van der Waals surface area contributed by atoms with Crippen LogP contribution in [0, 0.1) is 29.0 Å². The summed E-state index contributed by atoms with van der Waals surface area (Å²) in [5, 5.41) is 8.27. The lowest BCUT2D eigenvalue weighted by Gasteiger charge is -2.04. The van der Waals surface area contributed by atoms with Crippen LogP contribution in [0.5, 0.6) is 5.75 Å². The molecule has 0 aliphatic heterocycles. The first-order valence-electron chi connectivity index (χ1n) is 4.55. The number of rotatable bonds is 3. The highest BCUT2D eigenvalue weighted by Gasteiger charge is 2.01. The Morgan fingerprint density at radius 2 is 2.25 bits per heavy atom. The molecule has 16 heavy (non-hydrogen) atoms. The Balaban J connectivity index is 2.77. The number of halogens is 1. The van der Waals surface area contributed by atoms with Gasteiger partial charge in [0.2, 0.25) is 0 Å².